The van der Waals surface area contributed by atoms with Gasteiger partial charge in [0, 0.05) is 0 Å². The zero-order valence-electron chi connectivity index (χ0n) is 7.92. The van der Waals surface area contributed by atoms with Gasteiger partial charge in [0.25, 0.3) is 0 Å². The highest BCUT2D eigenvalue weighted by molar-refractivity contribution is 7.99. The van der Waals surface area contributed by atoms with Crippen LogP contribution in [0.4, 0.5) is 0 Å². The molecular formula is C10H11N3S. The number of hydrogen-bond acceptors (Lipinski definition) is 3. The second-order valence-electron chi connectivity index (χ2n) is 2.72. The third kappa shape index (κ3) is 1.80. The SMILES string of the molecule is CCSc1ncnn1-c1ccccc1. The van der Waals surface area contributed by atoms with Gasteiger partial charge >= 0.3 is 0 Å². The van der Waals surface area contributed by atoms with Crippen molar-refractivity contribution in [2.75, 3.05) is 5.75 Å². The van der Waals surface area contributed by atoms with Gasteiger partial charge in [-0.3, -0.25) is 0 Å². The zero-order valence-corrected chi connectivity index (χ0v) is 8.74. The molecule has 0 aliphatic rings. The first kappa shape index (κ1) is 9.27. The monoisotopic (exact) mass is 205 g/mol. The molecule has 3 nitrogen and oxygen atoms in total. The van der Waals surface area contributed by atoms with Crippen molar-refractivity contribution in [1.29, 1.82) is 0 Å². The highest BCUT2D eigenvalue weighted by Gasteiger charge is 2.04. The second kappa shape index (κ2) is 4.28. The van der Waals surface area contributed by atoms with E-state index in [-0.39, 0.29) is 0 Å². The summed E-state index contributed by atoms with van der Waals surface area (Å²) in [6.07, 6.45) is 1.59. The molecule has 0 atom stereocenters. The smallest absolute Gasteiger partial charge is 0.190 e. The number of rotatable bonds is 3. The minimum atomic E-state index is 0.943. The molecule has 4 heteroatoms. The fraction of sp³-hybridized carbons (Fsp3) is 0.200. The van der Waals surface area contributed by atoms with Crippen LogP contribution in [0.15, 0.2) is 41.8 Å². The normalized spacial score (nSPS) is 10.4. The van der Waals surface area contributed by atoms with Crippen LogP contribution < -0.4 is 0 Å². The summed E-state index contributed by atoms with van der Waals surface area (Å²) >= 11 is 1.69. The van der Waals surface area contributed by atoms with E-state index in [1.165, 1.54) is 0 Å². The molecule has 0 saturated heterocycles. The Bertz CT molecular complexity index is 397. The molecule has 0 radical (unpaired) electrons. The van der Waals surface area contributed by atoms with E-state index in [1.807, 2.05) is 35.0 Å². The van der Waals surface area contributed by atoms with Crippen LogP contribution in [-0.2, 0) is 0 Å². The average molecular weight is 205 g/mol. The van der Waals surface area contributed by atoms with Crippen molar-refractivity contribution < 1.29 is 0 Å². The Hall–Kier alpha value is -1.29. The van der Waals surface area contributed by atoms with Crippen LogP contribution in [0.3, 0.4) is 0 Å². The summed E-state index contributed by atoms with van der Waals surface area (Å²) in [6.45, 7) is 2.11. The molecule has 0 aliphatic carbocycles. The number of nitrogens with zero attached hydrogens (tertiary/aromatic N) is 3. The molecule has 2 rings (SSSR count). The van der Waals surface area contributed by atoms with Crippen molar-refractivity contribution in [2.45, 2.75) is 12.1 Å². The molecule has 2 aromatic rings. The largest absolute Gasteiger partial charge is 0.209 e. The Labute approximate surface area is 87.2 Å². The van der Waals surface area contributed by atoms with E-state index in [4.69, 9.17) is 0 Å². The van der Waals surface area contributed by atoms with E-state index in [0.29, 0.717) is 0 Å². The maximum atomic E-state index is 4.20. The lowest BCUT2D eigenvalue weighted by molar-refractivity contribution is 0.786. The van der Waals surface area contributed by atoms with Gasteiger partial charge in [0.2, 0.25) is 0 Å². The molecule has 14 heavy (non-hydrogen) atoms. The topological polar surface area (TPSA) is 30.7 Å². The lowest BCUT2D eigenvalue weighted by Crippen LogP contribution is -1.97. The van der Waals surface area contributed by atoms with Gasteiger partial charge in [-0.15, -0.1) is 0 Å². The van der Waals surface area contributed by atoms with Crippen molar-refractivity contribution in [3.8, 4) is 5.69 Å². The summed E-state index contributed by atoms with van der Waals surface area (Å²) < 4.78 is 1.86. The Morgan fingerprint density at radius 1 is 1.29 bits per heavy atom. The summed E-state index contributed by atoms with van der Waals surface area (Å²) in [5.41, 5.74) is 1.06. The number of hydrogen-bond donors (Lipinski definition) is 0. The molecule has 0 fully saturated rings. The van der Waals surface area contributed by atoms with Gasteiger partial charge in [-0.25, -0.2) is 9.67 Å². The van der Waals surface area contributed by atoms with Crippen LogP contribution in [0.2, 0.25) is 0 Å². The molecule has 1 heterocycles. The minimum Gasteiger partial charge on any atom is -0.209 e. The molecule has 0 N–H and O–H groups in total. The fourth-order valence-electron chi connectivity index (χ4n) is 1.20. The van der Waals surface area contributed by atoms with Gasteiger partial charge in [-0.2, -0.15) is 5.10 Å². The van der Waals surface area contributed by atoms with Gasteiger partial charge in [0.15, 0.2) is 5.16 Å². The summed E-state index contributed by atoms with van der Waals surface area (Å²) in [5.74, 6) is 1.01. The van der Waals surface area contributed by atoms with Gasteiger partial charge < -0.3 is 0 Å². The first-order valence-electron chi connectivity index (χ1n) is 4.50. The quantitative estimate of drug-likeness (QED) is 0.721. The number of para-hydroxylation sites is 1. The maximum absolute atomic E-state index is 4.20. The highest BCUT2D eigenvalue weighted by atomic mass is 32.2. The summed E-state index contributed by atoms with van der Waals surface area (Å²) in [6, 6.07) is 10.0. The number of thioether (sulfide) groups is 1. The predicted octanol–water partition coefficient (Wildman–Crippen LogP) is 2.38. The molecule has 0 saturated carbocycles. The molecule has 72 valence electrons. The standard InChI is InChI=1S/C10H11N3S/c1-2-14-10-11-8-12-13(10)9-6-4-3-5-7-9/h3-8H,2H2,1H3. The third-order valence-electron chi connectivity index (χ3n) is 1.79. The van der Waals surface area contributed by atoms with Gasteiger partial charge in [-0.1, -0.05) is 36.9 Å². The fourth-order valence-corrected chi connectivity index (χ4v) is 1.86. The Morgan fingerprint density at radius 3 is 2.79 bits per heavy atom. The van der Waals surface area contributed by atoms with Crippen LogP contribution in [0, 0.1) is 0 Å². The molecule has 0 unspecified atom stereocenters. The highest BCUT2D eigenvalue weighted by Crippen LogP contribution is 2.17. The Kier molecular flexibility index (Phi) is 2.84. The number of aromatic nitrogens is 3. The van der Waals surface area contributed by atoms with Crippen molar-refractivity contribution in [3.05, 3.63) is 36.7 Å². The van der Waals surface area contributed by atoms with E-state index < -0.39 is 0 Å². The number of benzene rings is 1. The van der Waals surface area contributed by atoms with Crippen LogP contribution in [0.25, 0.3) is 5.69 Å². The summed E-state index contributed by atoms with van der Waals surface area (Å²) in [7, 11) is 0. The zero-order chi connectivity index (χ0) is 9.80. The molecule has 1 aromatic carbocycles. The molecule has 0 bridgehead atoms. The maximum Gasteiger partial charge on any atom is 0.190 e. The lowest BCUT2D eigenvalue weighted by atomic mass is 10.3. The van der Waals surface area contributed by atoms with E-state index >= 15 is 0 Å². The van der Waals surface area contributed by atoms with E-state index in [0.717, 1.165) is 16.6 Å². The van der Waals surface area contributed by atoms with Crippen LogP contribution >= 0.6 is 11.8 Å². The Balaban J connectivity index is 2.37. The van der Waals surface area contributed by atoms with Crippen molar-refractivity contribution in [3.63, 3.8) is 0 Å². The van der Waals surface area contributed by atoms with Gasteiger partial charge in [0.05, 0.1) is 5.69 Å². The summed E-state index contributed by atoms with van der Waals surface area (Å²) in [4.78, 5) is 4.20. The van der Waals surface area contributed by atoms with Gasteiger partial charge in [0.1, 0.15) is 6.33 Å². The van der Waals surface area contributed by atoms with E-state index in [1.54, 1.807) is 18.1 Å². The Morgan fingerprint density at radius 2 is 2.07 bits per heavy atom. The first-order chi connectivity index (χ1) is 6.92. The summed E-state index contributed by atoms with van der Waals surface area (Å²) in [5, 5.41) is 5.13. The average Bonchev–Trinajstić information content (AvgIpc) is 2.68. The van der Waals surface area contributed by atoms with Crippen LogP contribution in [0.5, 0.6) is 0 Å². The van der Waals surface area contributed by atoms with Crippen LogP contribution in [0.1, 0.15) is 6.92 Å². The molecule has 1 aromatic heterocycles. The second-order valence-corrected chi connectivity index (χ2v) is 3.95. The third-order valence-corrected chi connectivity index (χ3v) is 2.62. The molecular weight excluding hydrogens is 194 g/mol. The van der Waals surface area contributed by atoms with Crippen molar-refractivity contribution in [2.24, 2.45) is 0 Å². The van der Waals surface area contributed by atoms with Crippen LogP contribution in [-0.4, -0.2) is 20.5 Å². The predicted molar refractivity (Wildman–Crippen MR) is 57.8 cm³/mol. The molecule has 0 spiro atoms. The first-order valence-corrected chi connectivity index (χ1v) is 5.48. The van der Waals surface area contributed by atoms with E-state index in [9.17, 15) is 0 Å². The molecule has 0 aliphatic heterocycles. The minimum absolute atomic E-state index is 0.943. The lowest BCUT2D eigenvalue weighted by Gasteiger charge is -2.03. The van der Waals surface area contributed by atoms with Crippen molar-refractivity contribution in [1.82, 2.24) is 14.8 Å². The van der Waals surface area contributed by atoms with Gasteiger partial charge in [-0.05, 0) is 17.9 Å². The molecule has 0 amide bonds. The van der Waals surface area contributed by atoms with E-state index in [2.05, 4.69) is 17.0 Å². The van der Waals surface area contributed by atoms with Crippen molar-refractivity contribution >= 4 is 11.8 Å².